The van der Waals surface area contributed by atoms with Crippen LogP contribution in [0.25, 0.3) is 0 Å². The predicted molar refractivity (Wildman–Crippen MR) is 98.8 cm³/mol. The van der Waals surface area contributed by atoms with Crippen molar-refractivity contribution >= 4 is 34.1 Å². The van der Waals surface area contributed by atoms with Crippen LogP contribution < -0.4 is 4.90 Å². The number of amides is 2. The summed E-state index contributed by atoms with van der Waals surface area (Å²) in [7, 11) is 0. The number of nitrogens with zero attached hydrogens (tertiary/aromatic N) is 1. The fourth-order valence-corrected chi connectivity index (χ4v) is 6.36. The third-order valence-electron chi connectivity index (χ3n) is 6.16. The van der Waals surface area contributed by atoms with Gasteiger partial charge in [-0.05, 0) is 45.1 Å². The Balaban J connectivity index is 1.61. The summed E-state index contributed by atoms with van der Waals surface area (Å²) in [4.78, 5) is 41.6. The second kappa shape index (κ2) is 5.75. The number of ether oxygens (including phenoxy) is 2. The molecule has 0 radical (unpaired) electrons. The maximum atomic E-state index is 13.3. The fourth-order valence-electron chi connectivity index (χ4n) is 4.98. The number of hydrogen-bond donors (Lipinski definition) is 0. The van der Waals surface area contributed by atoms with Crippen LogP contribution in [0.4, 0.5) is 5.00 Å². The van der Waals surface area contributed by atoms with Gasteiger partial charge >= 0.3 is 5.97 Å². The van der Waals surface area contributed by atoms with Crippen LogP contribution in [0.1, 0.15) is 47.5 Å². The molecule has 4 aliphatic rings. The molecule has 2 amide bonds. The van der Waals surface area contributed by atoms with Crippen LogP contribution in [0.2, 0.25) is 0 Å². The van der Waals surface area contributed by atoms with Crippen molar-refractivity contribution in [2.75, 3.05) is 11.5 Å². The highest BCUT2D eigenvalue weighted by molar-refractivity contribution is 7.17. The molecular weight excluding hydrogens is 366 g/mol. The van der Waals surface area contributed by atoms with Crippen LogP contribution in [0.3, 0.4) is 0 Å². The normalized spacial score (nSPS) is 33.6. The van der Waals surface area contributed by atoms with E-state index in [9.17, 15) is 14.4 Å². The number of anilines is 1. The monoisotopic (exact) mass is 387 g/mol. The molecule has 2 saturated heterocycles. The second-order valence-electron chi connectivity index (χ2n) is 7.75. The standard InChI is InChI=1S/C20H21NO5S/c1-3-25-19(24)13-10-6-4-5-7-12(10)27-18(13)21-16(22)14-11-8-9-20(2,26-11)15(14)17(21)23/h8-9,11,14-15H,3-7H2,1-2H3/t11-,14-,15-,20-/m1/s1. The lowest BCUT2D eigenvalue weighted by Gasteiger charge is -2.24. The summed E-state index contributed by atoms with van der Waals surface area (Å²) < 4.78 is 11.2. The minimum atomic E-state index is -0.738. The van der Waals surface area contributed by atoms with E-state index in [0.29, 0.717) is 10.6 Å². The van der Waals surface area contributed by atoms with Gasteiger partial charge in [0.1, 0.15) is 5.00 Å². The molecule has 5 rings (SSSR count). The Labute approximate surface area is 161 Å². The van der Waals surface area contributed by atoms with Crippen LogP contribution >= 0.6 is 11.3 Å². The van der Waals surface area contributed by atoms with Gasteiger partial charge < -0.3 is 9.47 Å². The molecule has 6 nitrogen and oxygen atoms in total. The third-order valence-corrected chi connectivity index (χ3v) is 7.44. The zero-order valence-corrected chi connectivity index (χ0v) is 16.1. The van der Waals surface area contributed by atoms with E-state index in [1.54, 1.807) is 6.92 Å². The van der Waals surface area contributed by atoms with E-state index in [4.69, 9.17) is 9.47 Å². The maximum absolute atomic E-state index is 13.3. The fraction of sp³-hybridized carbons (Fsp3) is 0.550. The van der Waals surface area contributed by atoms with Crippen molar-refractivity contribution in [3.05, 3.63) is 28.2 Å². The number of imide groups is 1. The van der Waals surface area contributed by atoms with Gasteiger partial charge in [-0.3, -0.25) is 9.59 Å². The van der Waals surface area contributed by atoms with Gasteiger partial charge in [0.25, 0.3) is 0 Å². The first kappa shape index (κ1) is 17.1. The number of fused-ring (bicyclic) bond motifs is 6. The molecule has 1 aromatic rings. The molecule has 2 fully saturated rings. The molecule has 1 aromatic heterocycles. The van der Waals surface area contributed by atoms with E-state index >= 15 is 0 Å². The van der Waals surface area contributed by atoms with Crippen molar-refractivity contribution < 1.29 is 23.9 Å². The average Bonchev–Trinajstić information content (AvgIpc) is 3.34. The van der Waals surface area contributed by atoms with Gasteiger partial charge in [-0.2, -0.15) is 0 Å². The molecular formula is C20H21NO5S. The van der Waals surface area contributed by atoms with E-state index in [2.05, 4.69) is 0 Å². The van der Waals surface area contributed by atoms with Crippen LogP contribution in [0, 0.1) is 11.8 Å². The summed E-state index contributed by atoms with van der Waals surface area (Å²) in [6.07, 6.45) is 7.12. The molecule has 7 heteroatoms. The van der Waals surface area contributed by atoms with Gasteiger partial charge in [0, 0.05) is 4.88 Å². The Morgan fingerprint density at radius 1 is 1.33 bits per heavy atom. The van der Waals surface area contributed by atoms with Crippen molar-refractivity contribution in [1.82, 2.24) is 0 Å². The highest BCUT2D eigenvalue weighted by atomic mass is 32.1. The molecule has 0 spiro atoms. The van der Waals surface area contributed by atoms with E-state index < -0.39 is 23.4 Å². The van der Waals surface area contributed by atoms with Crippen molar-refractivity contribution in [3.8, 4) is 0 Å². The largest absolute Gasteiger partial charge is 0.462 e. The lowest BCUT2D eigenvalue weighted by molar-refractivity contribution is -0.126. The summed E-state index contributed by atoms with van der Waals surface area (Å²) >= 11 is 1.40. The Hall–Kier alpha value is -1.99. The average molecular weight is 387 g/mol. The SMILES string of the molecule is CCOC(=O)c1c(N2C(=O)[C@@H]3[C@H]4C=C[C@@](C)(O4)[C@H]3C2=O)sc2c1CCCC2. The number of esters is 1. The smallest absolute Gasteiger partial charge is 0.341 e. The van der Waals surface area contributed by atoms with Crippen LogP contribution in [0.5, 0.6) is 0 Å². The van der Waals surface area contributed by atoms with Crippen molar-refractivity contribution in [2.24, 2.45) is 11.8 Å². The number of rotatable bonds is 3. The van der Waals surface area contributed by atoms with Gasteiger partial charge in [-0.15, -0.1) is 11.3 Å². The Bertz CT molecular complexity index is 902. The molecule has 0 aromatic carbocycles. The van der Waals surface area contributed by atoms with Gasteiger partial charge in [-0.25, -0.2) is 9.69 Å². The van der Waals surface area contributed by atoms with Crippen LogP contribution in [-0.2, 0) is 31.9 Å². The quantitative estimate of drug-likeness (QED) is 0.453. The molecule has 27 heavy (non-hydrogen) atoms. The van der Waals surface area contributed by atoms with E-state index in [1.165, 1.54) is 16.2 Å². The van der Waals surface area contributed by atoms with Crippen molar-refractivity contribution in [1.29, 1.82) is 0 Å². The number of thiophene rings is 1. The molecule has 0 saturated carbocycles. The van der Waals surface area contributed by atoms with E-state index in [1.807, 2.05) is 19.1 Å². The lowest BCUT2D eigenvalue weighted by Crippen LogP contribution is -2.38. The Kier molecular flexibility index (Phi) is 3.65. The van der Waals surface area contributed by atoms with Crippen molar-refractivity contribution in [3.63, 3.8) is 0 Å². The molecule has 3 aliphatic heterocycles. The summed E-state index contributed by atoms with van der Waals surface area (Å²) in [6, 6.07) is 0. The molecule has 2 bridgehead atoms. The van der Waals surface area contributed by atoms with Crippen molar-refractivity contribution in [2.45, 2.75) is 51.2 Å². The van der Waals surface area contributed by atoms with Gasteiger partial charge in [0.2, 0.25) is 11.8 Å². The number of carbonyl (C=O) groups is 3. The lowest BCUT2D eigenvalue weighted by atomic mass is 9.78. The van der Waals surface area contributed by atoms with E-state index in [0.717, 1.165) is 36.1 Å². The van der Waals surface area contributed by atoms with Crippen LogP contribution in [0.15, 0.2) is 12.2 Å². The maximum Gasteiger partial charge on any atom is 0.341 e. The van der Waals surface area contributed by atoms with Gasteiger partial charge in [0.05, 0.1) is 35.7 Å². The zero-order chi connectivity index (χ0) is 18.9. The molecule has 4 heterocycles. The first-order chi connectivity index (χ1) is 13.0. The van der Waals surface area contributed by atoms with Crippen LogP contribution in [-0.4, -0.2) is 36.1 Å². The minimum Gasteiger partial charge on any atom is -0.462 e. The second-order valence-corrected chi connectivity index (χ2v) is 8.84. The predicted octanol–water partition coefficient (Wildman–Crippen LogP) is 2.64. The summed E-state index contributed by atoms with van der Waals surface area (Å²) in [6.45, 7) is 3.87. The number of carbonyl (C=O) groups excluding carboxylic acids is 3. The first-order valence-corrected chi connectivity index (χ1v) is 10.3. The molecule has 142 valence electrons. The highest BCUT2D eigenvalue weighted by Gasteiger charge is 2.66. The molecule has 4 atom stereocenters. The first-order valence-electron chi connectivity index (χ1n) is 9.53. The zero-order valence-electron chi connectivity index (χ0n) is 15.3. The number of aryl methyl sites for hydroxylation is 1. The summed E-state index contributed by atoms with van der Waals surface area (Å²) in [5.74, 6) is -1.97. The summed E-state index contributed by atoms with van der Waals surface area (Å²) in [5.41, 5.74) is 0.642. The molecule has 0 unspecified atom stereocenters. The number of hydrogen-bond acceptors (Lipinski definition) is 6. The molecule has 1 aliphatic carbocycles. The third kappa shape index (κ3) is 2.18. The Morgan fingerprint density at radius 2 is 2.11 bits per heavy atom. The van der Waals surface area contributed by atoms with Gasteiger partial charge in [-0.1, -0.05) is 12.2 Å². The Morgan fingerprint density at radius 3 is 2.85 bits per heavy atom. The molecule has 0 N–H and O–H groups in total. The minimum absolute atomic E-state index is 0.257. The highest BCUT2D eigenvalue weighted by Crippen LogP contribution is 2.54. The summed E-state index contributed by atoms with van der Waals surface area (Å²) in [5, 5.41) is 0.452. The van der Waals surface area contributed by atoms with Gasteiger partial charge in [0.15, 0.2) is 0 Å². The topological polar surface area (TPSA) is 72.9 Å². The van der Waals surface area contributed by atoms with E-state index in [-0.39, 0.29) is 24.5 Å².